The highest BCUT2D eigenvalue weighted by Gasteiger charge is 2.26. The molecular weight excluding hydrogens is 425 g/mol. The minimum Gasteiger partial charge on any atom is -0.366 e. The molecular formula is C19H16BrF3N2O2. The summed E-state index contributed by atoms with van der Waals surface area (Å²) in [5.74, 6) is -3.26. The van der Waals surface area contributed by atoms with E-state index in [9.17, 15) is 22.8 Å². The van der Waals surface area contributed by atoms with Crippen LogP contribution in [0.25, 0.3) is 0 Å². The molecule has 2 aromatic rings. The molecule has 0 saturated carbocycles. The topological polar surface area (TPSA) is 40.6 Å². The van der Waals surface area contributed by atoms with Crippen LogP contribution in [0.15, 0.2) is 34.8 Å². The molecule has 3 rings (SSSR count). The Morgan fingerprint density at radius 1 is 0.926 bits per heavy atom. The molecule has 27 heavy (non-hydrogen) atoms. The van der Waals surface area contributed by atoms with Crippen LogP contribution in [0.5, 0.6) is 0 Å². The van der Waals surface area contributed by atoms with Gasteiger partial charge < -0.3 is 9.80 Å². The highest BCUT2D eigenvalue weighted by atomic mass is 79.9. The van der Waals surface area contributed by atoms with Gasteiger partial charge >= 0.3 is 0 Å². The van der Waals surface area contributed by atoms with Crippen molar-refractivity contribution in [3.05, 3.63) is 63.4 Å². The molecule has 4 nitrogen and oxygen atoms in total. The van der Waals surface area contributed by atoms with Crippen molar-refractivity contribution in [3.8, 4) is 0 Å². The van der Waals surface area contributed by atoms with Crippen molar-refractivity contribution >= 4 is 33.3 Å². The lowest BCUT2D eigenvalue weighted by molar-refractivity contribution is 0.0745. The first-order valence-electron chi connectivity index (χ1n) is 8.27. The number of halogens is 4. The maximum Gasteiger partial charge on any atom is 0.255 e. The van der Waals surface area contributed by atoms with Crippen LogP contribution in [0.2, 0.25) is 0 Å². The summed E-state index contributed by atoms with van der Waals surface area (Å²) in [6.45, 7) is 2.73. The maximum absolute atomic E-state index is 14.3. The molecule has 0 bridgehead atoms. The summed E-state index contributed by atoms with van der Waals surface area (Å²) in [4.78, 5) is 27.2. The van der Waals surface area contributed by atoms with Gasteiger partial charge in [-0.25, -0.2) is 13.2 Å². The van der Waals surface area contributed by atoms with Gasteiger partial charge in [-0.2, -0.15) is 0 Å². The lowest BCUT2D eigenvalue weighted by Gasteiger charge is -2.36. The molecule has 8 heteroatoms. The van der Waals surface area contributed by atoms with E-state index in [0.29, 0.717) is 37.4 Å². The monoisotopic (exact) mass is 440 g/mol. The second-order valence-corrected chi connectivity index (χ2v) is 7.10. The van der Waals surface area contributed by atoms with Crippen LogP contribution in [0.1, 0.15) is 27.6 Å². The molecule has 0 radical (unpaired) electrons. The van der Waals surface area contributed by atoms with E-state index in [1.54, 1.807) is 17.0 Å². The Labute approximate surface area is 162 Å². The van der Waals surface area contributed by atoms with Gasteiger partial charge in [0.15, 0.2) is 17.4 Å². The SMILES string of the molecule is CC(=O)c1ccc(N2CCN(C(=O)c3cc(F)c(F)cc3Br)CC2)c(F)c1. The van der Waals surface area contributed by atoms with E-state index in [4.69, 9.17) is 0 Å². The van der Waals surface area contributed by atoms with Gasteiger partial charge in [-0.15, -0.1) is 0 Å². The molecule has 0 aliphatic carbocycles. The van der Waals surface area contributed by atoms with Gasteiger partial charge in [0.05, 0.1) is 11.3 Å². The van der Waals surface area contributed by atoms with Crippen molar-refractivity contribution in [2.24, 2.45) is 0 Å². The summed E-state index contributed by atoms with van der Waals surface area (Å²) >= 11 is 3.08. The standard InChI is InChI=1S/C19H16BrF3N2O2/c1-11(26)12-2-3-18(17(23)8-12)24-4-6-25(7-5-24)19(27)13-9-15(21)16(22)10-14(13)20/h2-3,8-10H,4-7H2,1H3. The fourth-order valence-electron chi connectivity index (χ4n) is 2.99. The van der Waals surface area contributed by atoms with Gasteiger partial charge in [-0.1, -0.05) is 0 Å². The first kappa shape index (κ1) is 19.4. The van der Waals surface area contributed by atoms with Crippen molar-refractivity contribution in [2.45, 2.75) is 6.92 Å². The minimum absolute atomic E-state index is 0.0411. The Morgan fingerprint density at radius 3 is 2.15 bits per heavy atom. The predicted octanol–water partition coefficient (Wildman–Crippen LogP) is 4.03. The number of ketones is 1. The van der Waals surface area contributed by atoms with Gasteiger partial charge in [-0.05, 0) is 53.2 Å². The number of Topliss-reactive ketones (excluding diaryl/α,β-unsaturated/α-hetero) is 1. The highest BCUT2D eigenvalue weighted by Crippen LogP contribution is 2.25. The van der Waals surface area contributed by atoms with Crippen molar-refractivity contribution in [1.29, 1.82) is 0 Å². The molecule has 1 saturated heterocycles. The van der Waals surface area contributed by atoms with Gasteiger partial charge in [-0.3, -0.25) is 9.59 Å². The van der Waals surface area contributed by atoms with E-state index in [2.05, 4.69) is 15.9 Å². The Hall–Kier alpha value is -2.35. The summed E-state index contributed by atoms with van der Waals surface area (Å²) in [7, 11) is 0. The quantitative estimate of drug-likeness (QED) is 0.534. The number of carbonyl (C=O) groups is 2. The first-order valence-corrected chi connectivity index (χ1v) is 9.06. The summed E-state index contributed by atoms with van der Waals surface area (Å²) in [6.07, 6.45) is 0. The van der Waals surface area contributed by atoms with Crippen LogP contribution >= 0.6 is 15.9 Å². The Balaban J connectivity index is 1.71. The van der Waals surface area contributed by atoms with Gasteiger partial charge in [0, 0.05) is 36.2 Å². The smallest absolute Gasteiger partial charge is 0.255 e. The van der Waals surface area contributed by atoms with Crippen LogP contribution in [-0.4, -0.2) is 42.8 Å². The Kier molecular flexibility index (Phi) is 5.55. The molecule has 1 fully saturated rings. The fourth-order valence-corrected chi connectivity index (χ4v) is 3.47. The Morgan fingerprint density at radius 2 is 1.56 bits per heavy atom. The second kappa shape index (κ2) is 7.72. The van der Waals surface area contributed by atoms with Crippen molar-refractivity contribution < 1.29 is 22.8 Å². The predicted molar refractivity (Wildman–Crippen MR) is 98.6 cm³/mol. The third kappa shape index (κ3) is 4.00. The lowest BCUT2D eigenvalue weighted by Crippen LogP contribution is -2.49. The van der Waals surface area contributed by atoms with Crippen molar-refractivity contribution in [2.75, 3.05) is 31.1 Å². The number of benzene rings is 2. The molecule has 0 spiro atoms. The van der Waals surface area contributed by atoms with Crippen molar-refractivity contribution in [1.82, 2.24) is 4.90 Å². The van der Waals surface area contributed by atoms with Crippen LogP contribution in [0, 0.1) is 17.5 Å². The Bertz CT molecular complexity index is 912. The van der Waals surface area contributed by atoms with Crippen LogP contribution < -0.4 is 4.90 Å². The van der Waals surface area contributed by atoms with E-state index < -0.39 is 23.4 Å². The number of hydrogen-bond donors (Lipinski definition) is 0. The van der Waals surface area contributed by atoms with E-state index in [0.717, 1.165) is 12.1 Å². The molecule has 1 aliphatic heterocycles. The van der Waals surface area contributed by atoms with E-state index >= 15 is 0 Å². The zero-order valence-corrected chi connectivity index (χ0v) is 16.0. The zero-order chi connectivity index (χ0) is 19.7. The highest BCUT2D eigenvalue weighted by molar-refractivity contribution is 9.10. The van der Waals surface area contributed by atoms with Gasteiger partial charge in [0.2, 0.25) is 0 Å². The molecule has 1 amide bonds. The first-order chi connectivity index (χ1) is 12.8. The second-order valence-electron chi connectivity index (χ2n) is 6.25. The number of hydrogen-bond acceptors (Lipinski definition) is 3. The third-order valence-corrected chi connectivity index (χ3v) is 5.16. The maximum atomic E-state index is 14.3. The molecule has 0 unspecified atom stereocenters. The summed E-state index contributed by atoms with van der Waals surface area (Å²) in [5, 5.41) is 0. The molecule has 142 valence electrons. The largest absolute Gasteiger partial charge is 0.366 e. The van der Waals surface area contributed by atoms with Crippen LogP contribution in [0.4, 0.5) is 18.9 Å². The number of piperazine rings is 1. The zero-order valence-electron chi connectivity index (χ0n) is 14.4. The van der Waals surface area contributed by atoms with Crippen LogP contribution in [0.3, 0.4) is 0 Å². The van der Waals surface area contributed by atoms with E-state index in [1.807, 2.05) is 0 Å². The van der Waals surface area contributed by atoms with Crippen molar-refractivity contribution in [3.63, 3.8) is 0 Å². The fraction of sp³-hybridized carbons (Fsp3) is 0.263. The van der Waals surface area contributed by atoms with Gasteiger partial charge in [0.25, 0.3) is 5.91 Å². The number of carbonyl (C=O) groups excluding carboxylic acids is 2. The number of rotatable bonds is 3. The number of amides is 1. The summed E-state index contributed by atoms with van der Waals surface area (Å²) in [5.41, 5.74) is 0.702. The average molecular weight is 441 g/mol. The van der Waals surface area contributed by atoms with Crippen LogP contribution in [-0.2, 0) is 0 Å². The molecule has 1 heterocycles. The van der Waals surface area contributed by atoms with E-state index in [1.165, 1.54) is 17.9 Å². The lowest BCUT2D eigenvalue weighted by atomic mass is 10.1. The van der Waals surface area contributed by atoms with E-state index in [-0.39, 0.29) is 15.8 Å². The van der Waals surface area contributed by atoms with Gasteiger partial charge in [0.1, 0.15) is 5.82 Å². The third-order valence-electron chi connectivity index (χ3n) is 4.50. The molecule has 0 atom stereocenters. The molecule has 0 aromatic heterocycles. The molecule has 2 aromatic carbocycles. The normalized spacial score (nSPS) is 14.4. The number of anilines is 1. The molecule has 1 aliphatic rings. The number of nitrogens with zero attached hydrogens (tertiary/aromatic N) is 2. The average Bonchev–Trinajstić information content (AvgIpc) is 2.64. The minimum atomic E-state index is -1.09. The molecule has 0 N–H and O–H groups in total. The summed E-state index contributed by atoms with van der Waals surface area (Å²) < 4.78 is 41.2. The summed E-state index contributed by atoms with van der Waals surface area (Å²) in [6, 6.07) is 6.11.